The third-order valence-electron chi connectivity index (χ3n) is 4.25. The van der Waals surface area contributed by atoms with Crippen LogP contribution in [0.3, 0.4) is 0 Å². The van der Waals surface area contributed by atoms with Crippen LogP contribution in [0, 0.1) is 0 Å². The third kappa shape index (κ3) is 2.90. The van der Waals surface area contributed by atoms with Crippen molar-refractivity contribution in [3.05, 3.63) is 30.1 Å². The highest BCUT2D eigenvalue weighted by molar-refractivity contribution is 5.12. The van der Waals surface area contributed by atoms with Gasteiger partial charge in [0.15, 0.2) is 0 Å². The number of nitrogens with one attached hydrogen (secondary N) is 1. The molecule has 0 aliphatic heterocycles. The molecule has 1 aliphatic carbocycles. The topological polar surface area (TPSA) is 34.2 Å². The Morgan fingerprint density at radius 2 is 2.17 bits per heavy atom. The van der Waals surface area contributed by atoms with Crippen LogP contribution >= 0.6 is 0 Å². The Morgan fingerprint density at radius 3 is 2.72 bits per heavy atom. The van der Waals surface area contributed by atoms with Crippen molar-refractivity contribution in [2.75, 3.05) is 14.2 Å². The van der Waals surface area contributed by atoms with Crippen molar-refractivity contribution in [2.24, 2.45) is 0 Å². The molecular weight excluding hydrogens is 224 g/mol. The minimum atomic E-state index is 0.00282. The molecule has 1 N–H and O–H groups in total. The minimum Gasteiger partial charge on any atom is -0.377 e. The van der Waals surface area contributed by atoms with Crippen molar-refractivity contribution < 1.29 is 4.74 Å². The Kier molecular flexibility index (Phi) is 4.72. The lowest BCUT2D eigenvalue weighted by Gasteiger charge is -2.42. The molecule has 1 fully saturated rings. The van der Waals surface area contributed by atoms with E-state index in [-0.39, 0.29) is 5.60 Å². The molecule has 1 aromatic heterocycles. The van der Waals surface area contributed by atoms with Gasteiger partial charge in [0.1, 0.15) is 0 Å². The number of hydrogen-bond donors (Lipinski definition) is 1. The number of rotatable bonds is 5. The minimum absolute atomic E-state index is 0.00282. The molecule has 1 unspecified atom stereocenters. The van der Waals surface area contributed by atoms with Gasteiger partial charge in [-0.3, -0.25) is 4.98 Å². The molecule has 100 valence electrons. The van der Waals surface area contributed by atoms with E-state index in [9.17, 15) is 0 Å². The van der Waals surface area contributed by atoms with Crippen LogP contribution in [0.2, 0.25) is 0 Å². The van der Waals surface area contributed by atoms with E-state index < -0.39 is 0 Å². The molecule has 0 spiro atoms. The van der Waals surface area contributed by atoms with E-state index in [0.29, 0.717) is 6.04 Å². The Balaban J connectivity index is 2.11. The molecule has 1 aliphatic rings. The van der Waals surface area contributed by atoms with Crippen LogP contribution in [0.4, 0.5) is 0 Å². The summed E-state index contributed by atoms with van der Waals surface area (Å²) in [5.41, 5.74) is 1.28. The van der Waals surface area contributed by atoms with Crippen LogP contribution in [0.1, 0.15) is 37.7 Å². The van der Waals surface area contributed by atoms with E-state index >= 15 is 0 Å². The Labute approximate surface area is 110 Å². The molecule has 2 rings (SSSR count). The third-order valence-corrected chi connectivity index (χ3v) is 4.25. The van der Waals surface area contributed by atoms with Gasteiger partial charge in [-0.15, -0.1) is 0 Å². The number of hydrogen-bond acceptors (Lipinski definition) is 3. The predicted molar refractivity (Wildman–Crippen MR) is 73.6 cm³/mol. The first-order valence-electron chi connectivity index (χ1n) is 6.92. The standard InChI is InChI=1S/C15H24N2O/c1-16-14(11-13-7-6-10-17-12-13)15(18-2)8-4-3-5-9-15/h6-7,10,12,14,16H,3-5,8-9,11H2,1-2H3. The van der Waals surface area contributed by atoms with Crippen molar-refractivity contribution >= 4 is 0 Å². The average molecular weight is 248 g/mol. The molecule has 18 heavy (non-hydrogen) atoms. The zero-order valence-corrected chi connectivity index (χ0v) is 11.5. The fraction of sp³-hybridized carbons (Fsp3) is 0.667. The molecule has 1 atom stereocenters. The molecule has 3 nitrogen and oxygen atoms in total. The molecule has 0 radical (unpaired) electrons. The van der Waals surface area contributed by atoms with Crippen molar-refractivity contribution in [3.63, 3.8) is 0 Å². The largest absolute Gasteiger partial charge is 0.377 e. The summed E-state index contributed by atoms with van der Waals surface area (Å²) in [6, 6.07) is 4.51. The highest BCUT2D eigenvalue weighted by Crippen LogP contribution is 2.35. The molecule has 3 heteroatoms. The van der Waals surface area contributed by atoms with Gasteiger partial charge < -0.3 is 10.1 Å². The highest BCUT2D eigenvalue weighted by atomic mass is 16.5. The first kappa shape index (κ1) is 13.5. The molecule has 0 bridgehead atoms. The van der Waals surface area contributed by atoms with Crippen LogP contribution in [-0.4, -0.2) is 30.8 Å². The maximum absolute atomic E-state index is 5.92. The highest BCUT2D eigenvalue weighted by Gasteiger charge is 2.39. The van der Waals surface area contributed by atoms with E-state index in [2.05, 4.69) is 16.4 Å². The zero-order valence-electron chi connectivity index (χ0n) is 11.5. The molecular formula is C15H24N2O. The summed E-state index contributed by atoms with van der Waals surface area (Å²) in [5, 5.41) is 3.46. The monoisotopic (exact) mass is 248 g/mol. The zero-order chi connectivity index (χ0) is 12.8. The second kappa shape index (κ2) is 6.30. The fourth-order valence-electron chi connectivity index (χ4n) is 3.15. The van der Waals surface area contributed by atoms with Gasteiger partial charge in [0.05, 0.1) is 5.60 Å². The molecule has 1 aromatic rings. The van der Waals surface area contributed by atoms with Crippen LogP contribution in [0.5, 0.6) is 0 Å². The van der Waals surface area contributed by atoms with E-state index in [0.717, 1.165) is 19.3 Å². The van der Waals surface area contributed by atoms with E-state index in [1.165, 1.54) is 24.8 Å². The van der Waals surface area contributed by atoms with E-state index in [4.69, 9.17) is 4.74 Å². The molecule has 1 saturated carbocycles. The summed E-state index contributed by atoms with van der Waals surface area (Å²) >= 11 is 0. The normalized spacial score (nSPS) is 20.6. The van der Waals surface area contributed by atoms with Gasteiger partial charge in [0.25, 0.3) is 0 Å². The second-order valence-electron chi connectivity index (χ2n) is 5.24. The number of aromatic nitrogens is 1. The fourth-order valence-corrected chi connectivity index (χ4v) is 3.15. The lowest BCUT2D eigenvalue weighted by molar-refractivity contribution is -0.0657. The van der Waals surface area contributed by atoms with Gasteiger partial charge in [-0.25, -0.2) is 0 Å². The number of ether oxygens (including phenoxy) is 1. The van der Waals surface area contributed by atoms with Crippen LogP contribution in [-0.2, 0) is 11.2 Å². The Morgan fingerprint density at radius 1 is 1.39 bits per heavy atom. The van der Waals surface area contributed by atoms with Gasteiger partial charge in [-0.1, -0.05) is 25.3 Å². The van der Waals surface area contributed by atoms with Gasteiger partial charge in [-0.2, -0.15) is 0 Å². The smallest absolute Gasteiger partial charge is 0.0834 e. The van der Waals surface area contributed by atoms with E-state index in [1.54, 1.807) is 0 Å². The lowest BCUT2D eigenvalue weighted by atomic mass is 9.77. The van der Waals surface area contributed by atoms with Crippen molar-refractivity contribution in [2.45, 2.75) is 50.2 Å². The van der Waals surface area contributed by atoms with Crippen LogP contribution in [0.25, 0.3) is 0 Å². The number of methoxy groups -OCH3 is 1. The number of likely N-dealkylation sites (N-methyl/N-ethyl adjacent to an activating group) is 1. The van der Waals surface area contributed by atoms with Gasteiger partial charge >= 0.3 is 0 Å². The summed E-state index contributed by atoms with van der Waals surface area (Å²) in [5.74, 6) is 0. The predicted octanol–water partition coefficient (Wildman–Crippen LogP) is 2.56. The quantitative estimate of drug-likeness (QED) is 0.869. The van der Waals surface area contributed by atoms with Gasteiger partial charge in [0, 0.05) is 25.5 Å². The molecule has 0 saturated heterocycles. The second-order valence-corrected chi connectivity index (χ2v) is 5.24. The lowest BCUT2D eigenvalue weighted by Crippen LogP contribution is -2.53. The number of nitrogens with zero attached hydrogens (tertiary/aromatic N) is 1. The average Bonchev–Trinajstić information content (AvgIpc) is 2.46. The summed E-state index contributed by atoms with van der Waals surface area (Å²) in [6.07, 6.45) is 11.0. The first-order valence-corrected chi connectivity index (χ1v) is 6.92. The Hall–Kier alpha value is -0.930. The molecule has 0 aromatic carbocycles. The SMILES string of the molecule is CNC(Cc1cccnc1)C1(OC)CCCCC1. The maximum atomic E-state index is 5.92. The van der Waals surface area contributed by atoms with E-state index in [1.807, 2.05) is 32.6 Å². The molecule has 0 amide bonds. The summed E-state index contributed by atoms with van der Waals surface area (Å²) in [4.78, 5) is 4.20. The summed E-state index contributed by atoms with van der Waals surface area (Å²) in [6.45, 7) is 0. The summed E-state index contributed by atoms with van der Waals surface area (Å²) < 4.78 is 5.92. The summed E-state index contributed by atoms with van der Waals surface area (Å²) in [7, 11) is 3.90. The molecule has 1 heterocycles. The maximum Gasteiger partial charge on any atom is 0.0834 e. The van der Waals surface area contributed by atoms with Gasteiger partial charge in [-0.05, 0) is 37.9 Å². The van der Waals surface area contributed by atoms with Crippen molar-refractivity contribution in [3.8, 4) is 0 Å². The van der Waals surface area contributed by atoms with Gasteiger partial charge in [0.2, 0.25) is 0 Å². The first-order chi connectivity index (χ1) is 8.80. The van der Waals surface area contributed by atoms with Crippen LogP contribution < -0.4 is 5.32 Å². The van der Waals surface area contributed by atoms with Crippen molar-refractivity contribution in [1.82, 2.24) is 10.3 Å². The number of pyridine rings is 1. The van der Waals surface area contributed by atoms with Crippen LogP contribution in [0.15, 0.2) is 24.5 Å². The van der Waals surface area contributed by atoms with Crippen molar-refractivity contribution in [1.29, 1.82) is 0 Å². The Bertz CT molecular complexity index is 347.